The van der Waals surface area contributed by atoms with E-state index in [0.29, 0.717) is 11.8 Å². The van der Waals surface area contributed by atoms with Crippen LogP contribution in [-0.2, 0) is 4.79 Å². The van der Waals surface area contributed by atoms with Crippen LogP contribution in [0.5, 0.6) is 0 Å². The van der Waals surface area contributed by atoms with Crippen molar-refractivity contribution >= 4 is 5.97 Å². The van der Waals surface area contributed by atoms with E-state index < -0.39 is 5.97 Å². The van der Waals surface area contributed by atoms with Gasteiger partial charge in [0, 0.05) is 0 Å². The molecular formula is C16H30O2. The lowest BCUT2D eigenvalue weighted by Gasteiger charge is -2.35. The molecule has 0 aliphatic heterocycles. The second kappa shape index (κ2) is 7.81. The quantitative estimate of drug-likeness (QED) is 0.713. The summed E-state index contributed by atoms with van der Waals surface area (Å²) >= 11 is 0. The molecule has 0 heterocycles. The van der Waals surface area contributed by atoms with Gasteiger partial charge in [-0.25, -0.2) is 0 Å². The number of hydrogen-bond donors (Lipinski definition) is 1. The third kappa shape index (κ3) is 4.62. The zero-order valence-electron chi connectivity index (χ0n) is 12.3. The first-order valence-corrected chi connectivity index (χ1v) is 7.81. The lowest BCUT2D eigenvalue weighted by atomic mass is 9.69. The highest BCUT2D eigenvalue weighted by Crippen LogP contribution is 2.40. The van der Waals surface area contributed by atoms with E-state index in [2.05, 4.69) is 20.8 Å². The van der Waals surface area contributed by atoms with Crippen molar-refractivity contribution in [3.05, 3.63) is 0 Å². The fourth-order valence-electron chi connectivity index (χ4n) is 3.74. The largest absolute Gasteiger partial charge is 0.481 e. The summed E-state index contributed by atoms with van der Waals surface area (Å²) < 4.78 is 0. The molecular weight excluding hydrogens is 224 g/mol. The minimum absolute atomic E-state index is 0.0718. The normalized spacial score (nSPS) is 30.1. The van der Waals surface area contributed by atoms with Crippen molar-refractivity contribution in [2.75, 3.05) is 0 Å². The SMILES string of the molecule is CCCC(C)CC1CC(CCC)CCC1C(=O)O. The van der Waals surface area contributed by atoms with Crippen LogP contribution >= 0.6 is 0 Å². The molecule has 2 heteroatoms. The first-order chi connectivity index (χ1) is 8.58. The fourth-order valence-corrected chi connectivity index (χ4v) is 3.74. The maximum absolute atomic E-state index is 11.4. The predicted molar refractivity (Wildman–Crippen MR) is 75.6 cm³/mol. The Morgan fingerprint density at radius 1 is 1.28 bits per heavy atom. The van der Waals surface area contributed by atoms with Crippen LogP contribution in [0.2, 0.25) is 0 Å². The van der Waals surface area contributed by atoms with E-state index in [1.54, 1.807) is 0 Å². The van der Waals surface area contributed by atoms with Crippen LogP contribution in [0.1, 0.15) is 72.1 Å². The summed E-state index contributed by atoms with van der Waals surface area (Å²) in [4.78, 5) is 11.4. The number of carbonyl (C=O) groups is 1. The monoisotopic (exact) mass is 254 g/mol. The van der Waals surface area contributed by atoms with E-state index in [0.717, 1.165) is 31.6 Å². The van der Waals surface area contributed by atoms with Gasteiger partial charge in [0.1, 0.15) is 0 Å². The third-order valence-electron chi connectivity index (χ3n) is 4.59. The number of rotatable bonds is 7. The Bertz CT molecular complexity index is 247. The van der Waals surface area contributed by atoms with Crippen molar-refractivity contribution in [3.63, 3.8) is 0 Å². The van der Waals surface area contributed by atoms with Gasteiger partial charge in [-0.2, -0.15) is 0 Å². The number of carboxylic acids is 1. The van der Waals surface area contributed by atoms with Crippen LogP contribution in [0.15, 0.2) is 0 Å². The Balaban J connectivity index is 2.57. The summed E-state index contributed by atoms with van der Waals surface area (Å²) in [5.74, 6) is 1.26. The molecule has 1 N–H and O–H groups in total. The summed E-state index contributed by atoms with van der Waals surface area (Å²) in [5, 5.41) is 9.37. The highest BCUT2D eigenvalue weighted by atomic mass is 16.4. The van der Waals surface area contributed by atoms with E-state index in [9.17, 15) is 9.90 Å². The van der Waals surface area contributed by atoms with Gasteiger partial charge in [0.25, 0.3) is 0 Å². The zero-order chi connectivity index (χ0) is 13.5. The predicted octanol–water partition coefficient (Wildman–Crippen LogP) is 4.73. The topological polar surface area (TPSA) is 37.3 Å². The Hall–Kier alpha value is -0.530. The molecule has 0 radical (unpaired) electrons. The van der Waals surface area contributed by atoms with Crippen molar-refractivity contribution in [1.82, 2.24) is 0 Å². The molecule has 1 aliphatic carbocycles. The highest BCUT2D eigenvalue weighted by molar-refractivity contribution is 5.70. The van der Waals surface area contributed by atoms with Gasteiger partial charge in [-0.05, 0) is 43.4 Å². The van der Waals surface area contributed by atoms with Crippen LogP contribution in [-0.4, -0.2) is 11.1 Å². The molecule has 106 valence electrons. The molecule has 1 aliphatic rings. The molecule has 0 aromatic carbocycles. The first kappa shape index (κ1) is 15.5. The molecule has 1 saturated carbocycles. The molecule has 1 rings (SSSR count). The molecule has 0 bridgehead atoms. The van der Waals surface area contributed by atoms with Gasteiger partial charge in [-0.3, -0.25) is 4.79 Å². The van der Waals surface area contributed by atoms with Crippen molar-refractivity contribution in [2.24, 2.45) is 23.7 Å². The van der Waals surface area contributed by atoms with Crippen LogP contribution < -0.4 is 0 Å². The Morgan fingerprint density at radius 3 is 2.56 bits per heavy atom. The molecule has 0 aromatic heterocycles. The second-order valence-corrected chi connectivity index (χ2v) is 6.30. The molecule has 4 unspecified atom stereocenters. The second-order valence-electron chi connectivity index (χ2n) is 6.30. The summed E-state index contributed by atoms with van der Waals surface area (Å²) in [6, 6.07) is 0. The van der Waals surface area contributed by atoms with Gasteiger partial charge in [0.2, 0.25) is 0 Å². The Kier molecular flexibility index (Phi) is 6.73. The molecule has 1 fully saturated rings. The van der Waals surface area contributed by atoms with Gasteiger partial charge in [-0.1, -0.05) is 46.5 Å². The van der Waals surface area contributed by atoms with Crippen molar-refractivity contribution in [2.45, 2.75) is 72.1 Å². The maximum Gasteiger partial charge on any atom is 0.306 e. The molecule has 0 spiro atoms. The summed E-state index contributed by atoms with van der Waals surface area (Å²) in [7, 11) is 0. The van der Waals surface area contributed by atoms with Gasteiger partial charge >= 0.3 is 5.97 Å². The van der Waals surface area contributed by atoms with E-state index in [4.69, 9.17) is 0 Å². The van der Waals surface area contributed by atoms with Gasteiger partial charge in [-0.15, -0.1) is 0 Å². The van der Waals surface area contributed by atoms with Crippen LogP contribution in [0.3, 0.4) is 0 Å². The Labute approximate surface area is 112 Å². The fraction of sp³-hybridized carbons (Fsp3) is 0.938. The van der Waals surface area contributed by atoms with Crippen LogP contribution in [0.4, 0.5) is 0 Å². The standard InChI is InChI=1S/C16H30O2/c1-4-6-12(3)10-14-11-13(7-5-2)8-9-15(14)16(17)18/h12-15H,4-11H2,1-3H3,(H,17,18). The van der Waals surface area contributed by atoms with E-state index in [1.165, 1.54) is 25.7 Å². The molecule has 2 nitrogen and oxygen atoms in total. The molecule has 0 aromatic rings. The maximum atomic E-state index is 11.4. The summed E-state index contributed by atoms with van der Waals surface area (Å²) in [5.41, 5.74) is 0. The lowest BCUT2D eigenvalue weighted by molar-refractivity contribution is -0.145. The van der Waals surface area contributed by atoms with E-state index in [1.807, 2.05) is 0 Å². The Morgan fingerprint density at radius 2 is 2.00 bits per heavy atom. The average molecular weight is 254 g/mol. The zero-order valence-corrected chi connectivity index (χ0v) is 12.3. The minimum Gasteiger partial charge on any atom is -0.481 e. The van der Waals surface area contributed by atoms with Gasteiger partial charge in [0.15, 0.2) is 0 Å². The van der Waals surface area contributed by atoms with Crippen molar-refractivity contribution in [3.8, 4) is 0 Å². The van der Waals surface area contributed by atoms with E-state index >= 15 is 0 Å². The summed E-state index contributed by atoms with van der Waals surface area (Å²) in [6.45, 7) is 6.73. The first-order valence-electron chi connectivity index (χ1n) is 7.81. The van der Waals surface area contributed by atoms with Crippen LogP contribution in [0.25, 0.3) is 0 Å². The number of aliphatic carboxylic acids is 1. The van der Waals surface area contributed by atoms with Crippen LogP contribution in [0, 0.1) is 23.7 Å². The number of hydrogen-bond acceptors (Lipinski definition) is 1. The van der Waals surface area contributed by atoms with Crippen molar-refractivity contribution in [1.29, 1.82) is 0 Å². The molecule has 4 atom stereocenters. The molecule has 18 heavy (non-hydrogen) atoms. The van der Waals surface area contributed by atoms with Gasteiger partial charge in [0.05, 0.1) is 5.92 Å². The minimum atomic E-state index is -0.557. The average Bonchev–Trinajstić information content (AvgIpc) is 2.29. The van der Waals surface area contributed by atoms with Crippen molar-refractivity contribution < 1.29 is 9.90 Å². The lowest BCUT2D eigenvalue weighted by Crippen LogP contribution is -2.31. The third-order valence-corrected chi connectivity index (χ3v) is 4.59. The molecule has 0 saturated heterocycles. The number of carboxylic acid groups (broad SMARTS) is 1. The van der Waals surface area contributed by atoms with E-state index in [-0.39, 0.29) is 5.92 Å². The summed E-state index contributed by atoms with van der Waals surface area (Å²) in [6.07, 6.45) is 9.27. The molecule has 0 amide bonds. The highest BCUT2D eigenvalue weighted by Gasteiger charge is 2.35. The smallest absolute Gasteiger partial charge is 0.306 e. The van der Waals surface area contributed by atoms with Gasteiger partial charge < -0.3 is 5.11 Å².